The van der Waals surface area contributed by atoms with Gasteiger partial charge in [-0.2, -0.15) is 5.26 Å². The topological polar surface area (TPSA) is 79.3 Å². The van der Waals surface area contributed by atoms with Crippen molar-refractivity contribution in [2.45, 2.75) is 60.0 Å². The van der Waals surface area contributed by atoms with Gasteiger partial charge in [0.1, 0.15) is 18.2 Å². The lowest BCUT2D eigenvalue weighted by Crippen LogP contribution is -2.42. The minimum absolute atomic E-state index is 0.0620. The van der Waals surface area contributed by atoms with E-state index < -0.39 is 5.92 Å². The summed E-state index contributed by atoms with van der Waals surface area (Å²) >= 11 is 3.67. The van der Waals surface area contributed by atoms with Gasteiger partial charge in [0.25, 0.3) is 0 Å². The molecule has 0 bridgehead atoms. The highest BCUT2D eigenvalue weighted by molar-refractivity contribution is 9.10. The Kier molecular flexibility index (Phi) is 7.37. The van der Waals surface area contributed by atoms with Crippen LogP contribution in [0.3, 0.4) is 0 Å². The summed E-state index contributed by atoms with van der Waals surface area (Å²) in [6.45, 7) is 10.7. The highest BCUT2D eigenvalue weighted by Gasteiger charge is 2.45. The number of nitrogens with two attached hydrogens (primary N) is 1. The predicted octanol–water partition coefficient (Wildman–Crippen LogP) is 7.89. The van der Waals surface area contributed by atoms with E-state index in [1.165, 1.54) is 5.56 Å². The second-order valence-corrected chi connectivity index (χ2v) is 12.5. The first-order valence-electron chi connectivity index (χ1n) is 13.5. The van der Waals surface area contributed by atoms with Crippen LogP contribution < -0.4 is 15.4 Å². The van der Waals surface area contributed by atoms with Gasteiger partial charge in [-0.3, -0.25) is 9.69 Å². The third-order valence-corrected chi connectivity index (χ3v) is 8.57. The number of hydrogen-bond donors (Lipinski definition) is 1. The van der Waals surface area contributed by atoms with E-state index >= 15 is 0 Å². The van der Waals surface area contributed by atoms with Crippen LogP contribution in [-0.2, 0) is 11.4 Å². The maximum absolute atomic E-state index is 14.0. The summed E-state index contributed by atoms with van der Waals surface area (Å²) in [7, 11) is 0. The molecule has 0 saturated heterocycles. The lowest BCUT2D eigenvalue weighted by Gasteiger charge is -2.44. The van der Waals surface area contributed by atoms with Crippen molar-refractivity contribution in [3.8, 4) is 11.8 Å². The minimum atomic E-state index is -0.541. The number of ketones is 1. The number of para-hydroxylation sites is 1. The molecule has 5 rings (SSSR count). The highest BCUT2D eigenvalue weighted by atomic mass is 79.9. The maximum atomic E-state index is 14.0. The second-order valence-electron chi connectivity index (χ2n) is 11.7. The summed E-state index contributed by atoms with van der Waals surface area (Å²) < 4.78 is 6.99. The van der Waals surface area contributed by atoms with Gasteiger partial charge in [-0.15, -0.1) is 0 Å². The zero-order valence-corrected chi connectivity index (χ0v) is 25.2. The van der Waals surface area contributed by atoms with Gasteiger partial charge in [-0.25, -0.2) is 0 Å². The Morgan fingerprint density at radius 1 is 1.05 bits per heavy atom. The maximum Gasteiger partial charge on any atom is 0.162 e. The van der Waals surface area contributed by atoms with Crippen LogP contribution in [-0.4, -0.2) is 5.78 Å². The number of rotatable bonds is 5. The number of allylic oxidation sites excluding steroid dienone is 3. The molecule has 0 saturated carbocycles. The molecule has 2 N–H and O–H groups in total. The van der Waals surface area contributed by atoms with E-state index in [9.17, 15) is 10.1 Å². The van der Waals surface area contributed by atoms with E-state index in [1.807, 2.05) is 74.2 Å². The van der Waals surface area contributed by atoms with Crippen LogP contribution >= 0.6 is 15.9 Å². The van der Waals surface area contributed by atoms with E-state index in [4.69, 9.17) is 10.5 Å². The number of anilines is 1. The lowest BCUT2D eigenvalue weighted by atomic mass is 9.68. The number of aryl methyl sites for hydroxylation is 2. The summed E-state index contributed by atoms with van der Waals surface area (Å²) in [5.74, 6) is 0.681. The van der Waals surface area contributed by atoms with Gasteiger partial charge in [0.15, 0.2) is 5.78 Å². The quantitative estimate of drug-likeness (QED) is 0.324. The molecule has 0 amide bonds. The molecule has 2 aliphatic rings. The fourth-order valence-corrected chi connectivity index (χ4v) is 6.40. The lowest BCUT2D eigenvalue weighted by molar-refractivity contribution is -0.118. The van der Waals surface area contributed by atoms with Gasteiger partial charge in [0.2, 0.25) is 0 Å². The number of hydrogen-bond acceptors (Lipinski definition) is 5. The number of nitriles is 1. The molecule has 3 aromatic carbocycles. The first-order valence-corrected chi connectivity index (χ1v) is 14.3. The Morgan fingerprint density at radius 2 is 1.75 bits per heavy atom. The molecule has 1 unspecified atom stereocenters. The smallest absolute Gasteiger partial charge is 0.162 e. The molecule has 204 valence electrons. The number of halogens is 1. The molecule has 0 radical (unpaired) electrons. The number of ether oxygens (including phenoxy) is 1. The average molecular weight is 597 g/mol. The molecule has 5 nitrogen and oxygen atoms in total. The molecule has 1 aliphatic heterocycles. The van der Waals surface area contributed by atoms with Crippen molar-refractivity contribution in [3.05, 3.63) is 116 Å². The van der Waals surface area contributed by atoms with Crippen molar-refractivity contribution in [1.82, 2.24) is 0 Å². The number of carbonyl (C=O) groups excluding carboxylic acids is 1. The van der Waals surface area contributed by atoms with Gasteiger partial charge in [-0.1, -0.05) is 61.4 Å². The standard InChI is InChI=1S/C34H34BrN3O2/c1-20-10-12-24(13-11-20)40-19-23-14-21(2)15-25(22(23)3)31-26(18-36)33(37)38(28-9-7-6-8-27(28)35)29-16-34(4,5)17-30(39)32(29)31/h6-15,31H,16-17,19,37H2,1-5H3. The van der Waals surface area contributed by atoms with Crippen LogP contribution in [0, 0.1) is 37.5 Å². The van der Waals surface area contributed by atoms with Gasteiger partial charge in [-0.05, 0) is 89.5 Å². The monoisotopic (exact) mass is 595 g/mol. The van der Waals surface area contributed by atoms with Crippen molar-refractivity contribution in [1.29, 1.82) is 5.26 Å². The Labute approximate surface area is 245 Å². The first kappa shape index (κ1) is 27.7. The largest absolute Gasteiger partial charge is 0.489 e. The Hall–Kier alpha value is -3.82. The van der Waals surface area contributed by atoms with Crippen molar-refractivity contribution in [2.24, 2.45) is 11.1 Å². The molecule has 1 aliphatic carbocycles. The van der Waals surface area contributed by atoms with Crippen LogP contribution in [0.4, 0.5) is 5.69 Å². The number of carbonyl (C=O) groups is 1. The van der Waals surface area contributed by atoms with E-state index in [0.29, 0.717) is 36.4 Å². The zero-order valence-electron chi connectivity index (χ0n) is 23.6. The third kappa shape index (κ3) is 5.07. The van der Waals surface area contributed by atoms with E-state index in [1.54, 1.807) is 0 Å². The second kappa shape index (κ2) is 10.6. The minimum Gasteiger partial charge on any atom is -0.489 e. The average Bonchev–Trinajstić information content (AvgIpc) is 2.89. The number of nitrogens with zero attached hydrogens (tertiary/aromatic N) is 2. The van der Waals surface area contributed by atoms with Crippen molar-refractivity contribution >= 4 is 27.4 Å². The third-order valence-electron chi connectivity index (χ3n) is 7.90. The van der Waals surface area contributed by atoms with Crippen LogP contribution in [0.1, 0.15) is 60.4 Å². The Balaban J connectivity index is 1.67. The van der Waals surface area contributed by atoms with Crippen LogP contribution in [0.2, 0.25) is 0 Å². The van der Waals surface area contributed by atoms with Gasteiger partial charge in [0, 0.05) is 22.2 Å². The molecular weight excluding hydrogens is 562 g/mol. The molecule has 1 heterocycles. The summed E-state index contributed by atoms with van der Waals surface area (Å²) in [5.41, 5.74) is 14.5. The fraction of sp³-hybridized carbons (Fsp3) is 0.294. The molecule has 1 atom stereocenters. The predicted molar refractivity (Wildman–Crippen MR) is 163 cm³/mol. The van der Waals surface area contributed by atoms with Crippen LogP contribution in [0.5, 0.6) is 5.75 Å². The van der Waals surface area contributed by atoms with Gasteiger partial charge >= 0.3 is 0 Å². The summed E-state index contributed by atoms with van der Waals surface area (Å²) in [4.78, 5) is 15.9. The molecule has 0 aromatic heterocycles. The number of Topliss-reactive ketones (excluding diaryl/α,β-unsaturated/α-hetero) is 1. The van der Waals surface area contributed by atoms with E-state index in [-0.39, 0.29) is 11.2 Å². The van der Waals surface area contributed by atoms with E-state index in [0.717, 1.165) is 43.9 Å². The molecule has 0 spiro atoms. The molecule has 3 aromatic rings. The first-order chi connectivity index (χ1) is 19.0. The zero-order chi connectivity index (χ0) is 28.8. The molecular formula is C34H34BrN3O2. The highest BCUT2D eigenvalue weighted by Crippen LogP contribution is 2.51. The molecule has 6 heteroatoms. The summed E-state index contributed by atoms with van der Waals surface area (Å²) in [6, 6.07) is 22.4. The Morgan fingerprint density at radius 3 is 2.42 bits per heavy atom. The van der Waals surface area contributed by atoms with Gasteiger partial charge < -0.3 is 10.5 Å². The normalized spacial score (nSPS) is 18.5. The van der Waals surface area contributed by atoms with Crippen LogP contribution in [0.25, 0.3) is 0 Å². The summed E-state index contributed by atoms with van der Waals surface area (Å²) in [5, 5.41) is 10.5. The van der Waals surface area contributed by atoms with Crippen molar-refractivity contribution < 1.29 is 9.53 Å². The van der Waals surface area contributed by atoms with E-state index in [2.05, 4.69) is 48.0 Å². The molecule has 0 fully saturated rings. The summed E-state index contributed by atoms with van der Waals surface area (Å²) in [6.07, 6.45) is 1.08. The molecule has 40 heavy (non-hydrogen) atoms. The van der Waals surface area contributed by atoms with Crippen molar-refractivity contribution in [2.75, 3.05) is 4.90 Å². The van der Waals surface area contributed by atoms with Crippen molar-refractivity contribution in [3.63, 3.8) is 0 Å². The SMILES string of the molecule is Cc1ccc(OCc2cc(C)cc(C3C(C#N)=C(N)N(c4ccccc4Br)C4=C3C(=O)CC(C)(C)C4)c2C)cc1. The van der Waals surface area contributed by atoms with Crippen LogP contribution in [0.15, 0.2) is 87.8 Å². The Bertz CT molecular complexity index is 1610. The number of benzene rings is 3. The fourth-order valence-electron chi connectivity index (χ4n) is 5.94. The van der Waals surface area contributed by atoms with Gasteiger partial charge in [0.05, 0.1) is 23.2 Å².